The molecule has 0 aliphatic carbocycles. The van der Waals surface area contributed by atoms with E-state index in [1.807, 2.05) is 18.2 Å². The van der Waals surface area contributed by atoms with Gasteiger partial charge in [-0.2, -0.15) is 0 Å². The Labute approximate surface area is 134 Å². The third kappa shape index (κ3) is 3.33. The zero-order chi connectivity index (χ0) is 14.7. The minimum absolute atomic E-state index is 0.211. The van der Waals surface area contributed by atoms with Crippen LogP contribution in [0.3, 0.4) is 0 Å². The molecule has 0 unspecified atom stereocenters. The molecule has 2 rings (SSSR count). The van der Waals surface area contributed by atoms with Gasteiger partial charge in [-0.05, 0) is 47.1 Å². The summed E-state index contributed by atoms with van der Waals surface area (Å²) in [4.78, 5) is 0. The van der Waals surface area contributed by atoms with Gasteiger partial charge in [-0.3, -0.25) is 0 Å². The Morgan fingerprint density at radius 1 is 1.25 bits per heavy atom. The predicted molar refractivity (Wildman–Crippen MR) is 86.9 cm³/mol. The Hall–Kier alpha value is -1.07. The topological polar surface area (TPSA) is 21.3 Å². The summed E-state index contributed by atoms with van der Waals surface area (Å²) in [5.41, 5.74) is 2.38. The van der Waals surface area contributed by atoms with Crippen molar-refractivity contribution in [2.75, 3.05) is 12.4 Å². The summed E-state index contributed by atoms with van der Waals surface area (Å²) in [7, 11) is 1.63. The first-order valence-corrected chi connectivity index (χ1v) is 7.62. The molecule has 0 radical (unpaired) electrons. The van der Waals surface area contributed by atoms with Crippen LogP contribution in [0.1, 0.15) is 11.1 Å². The van der Waals surface area contributed by atoms with Crippen LogP contribution in [0.4, 0.5) is 10.1 Å². The molecule has 5 heteroatoms. The first kappa shape index (κ1) is 15.3. The number of halogens is 3. The second-order valence-corrected chi connectivity index (χ2v) is 6.12. The van der Waals surface area contributed by atoms with Crippen LogP contribution in [-0.4, -0.2) is 7.11 Å². The molecule has 0 aliphatic heterocycles. The summed E-state index contributed by atoms with van der Waals surface area (Å²) < 4.78 is 20.7. The second kappa shape index (κ2) is 6.59. The van der Waals surface area contributed by atoms with Gasteiger partial charge < -0.3 is 10.1 Å². The van der Waals surface area contributed by atoms with Crippen molar-refractivity contribution in [2.45, 2.75) is 13.5 Å². The van der Waals surface area contributed by atoms with Gasteiger partial charge in [0.15, 0.2) is 0 Å². The zero-order valence-electron chi connectivity index (χ0n) is 11.1. The molecule has 0 aliphatic rings. The van der Waals surface area contributed by atoms with Crippen LogP contribution in [0.15, 0.2) is 39.3 Å². The number of hydrogen-bond donors (Lipinski definition) is 1. The van der Waals surface area contributed by atoms with E-state index in [1.165, 1.54) is 6.07 Å². The van der Waals surface area contributed by atoms with Gasteiger partial charge in [0.05, 0.1) is 11.6 Å². The van der Waals surface area contributed by atoms with Crippen LogP contribution in [0.5, 0.6) is 5.75 Å². The van der Waals surface area contributed by atoms with Gasteiger partial charge >= 0.3 is 0 Å². The molecule has 0 saturated heterocycles. The highest BCUT2D eigenvalue weighted by atomic mass is 79.9. The van der Waals surface area contributed by atoms with Gasteiger partial charge in [0.25, 0.3) is 0 Å². The van der Waals surface area contributed by atoms with Crippen molar-refractivity contribution in [2.24, 2.45) is 0 Å². The molecule has 0 bridgehead atoms. The molecule has 106 valence electrons. The fraction of sp³-hybridized carbons (Fsp3) is 0.200. The van der Waals surface area contributed by atoms with E-state index in [0.717, 1.165) is 25.9 Å². The van der Waals surface area contributed by atoms with E-state index in [4.69, 9.17) is 4.74 Å². The van der Waals surface area contributed by atoms with Crippen molar-refractivity contribution in [1.82, 2.24) is 0 Å². The van der Waals surface area contributed by atoms with E-state index in [1.54, 1.807) is 20.1 Å². The SMILES string of the molecule is COc1c(Br)cc(Br)cc1CNc1cccc(F)c1C. The fourth-order valence-corrected chi connectivity index (χ4v) is 3.44. The summed E-state index contributed by atoms with van der Waals surface area (Å²) >= 11 is 6.92. The monoisotopic (exact) mass is 401 g/mol. The van der Waals surface area contributed by atoms with E-state index in [0.29, 0.717) is 12.1 Å². The molecule has 2 aromatic carbocycles. The van der Waals surface area contributed by atoms with Crippen LogP contribution in [-0.2, 0) is 6.54 Å². The van der Waals surface area contributed by atoms with Crippen LogP contribution >= 0.6 is 31.9 Å². The maximum Gasteiger partial charge on any atom is 0.138 e. The van der Waals surface area contributed by atoms with Gasteiger partial charge in [-0.15, -0.1) is 0 Å². The Balaban J connectivity index is 2.25. The summed E-state index contributed by atoms with van der Waals surface area (Å²) in [6.45, 7) is 2.30. The minimum Gasteiger partial charge on any atom is -0.495 e. The summed E-state index contributed by atoms with van der Waals surface area (Å²) in [5, 5.41) is 3.24. The normalized spacial score (nSPS) is 10.4. The third-order valence-electron chi connectivity index (χ3n) is 3.03. The summed E-state index contributed by atoms with van der Waals surface area (Å²) in [5.74, 6) is 0.562. The zero-order valence-corrected chi connectivity index (χ0v) is 14.3. The van der Waals surface area contributed by atoms with Crippen LogP contribution in [0, 0.1) is 12.7 Å². The van der Waals surface area contributed by atoms with E-state index < -0.39 is 0 Å². The molecule has 0 atom stereocenters. The van der Waals surface area contributed by atoms with Crippen LogP contribution < -0.4 is 10.1 Å². The van der Waals surface area contributed by atoms with E-state index in [2.05, 4.69) is 37.2 Å². The molecule has 0 fully saturated rings. The molecule has 0 heterocycles. The molecular formula is C15H14Br2FNO. The lowest BCUT2D eigenvalue weighted by Gasteiger charge is -2.14. The van der Waals surface area contributed by atoms with Crippen molar-refractivity contribution in [3.8, 4) is 5.75 Å². The fourth-order valence-electron chi connectivity index (χ4n) is 1.96. The highest BCUT2D eigenvalue weighted by molar-refractivity contribution is 9.11. The standard InChI is InChI=1S/C15H14Br2FNO/c1-9-13(18)4-3-5-14(9)19-8-10-6-11(16)7-12(17)15(10)20-2/h3-7,19H,8H2,1-2H3. The number of benzene rings is 2. The number of anilines is 1. The molecule has 2 aromatic rings. The summed E-state index contributed by atoms with van der Waals surface area (Å²) in [6, 6.07) is 8.91. The average Bonchev–Trinajstić information content (AvgIpc) is 2.40. The lowest BCUT2D eigenvalue weighted by Crippen LogP contribution is -2.04. The van der Waals surface area contributed by atoms with Crippen molar-refractivity contribution in [1.29, 1.82) is 0 Å². The molecule has 2 nitrogen and oxygen atoms in total. The number of ether oxygens (including phenoxy) is 1. The van der Waals surface area contributed by atoms with Gasteiger partial charge in [-0.25, -0.2) is 4.39 Å². The van der Waals surface area contributed by atoms with Crippen molar-refractivity contribution < 1.29 is 9.13 Å². The number of rotatable bonds is 4. The smallest absolute Gasteiger partial charge is 0.138 e. The third-order valence-corrected chi connectivity index (χ3v) is 4.07. The van der Waals surface area contributed by atoms with E-state index >= 15 is 0 Å². The average molecular weight is 403 g/mol. The molecule has 0 amide bonds. The highest BCUT2D eigenvalue weighted by Crippen LogP contribution is 2.33. The Kier molecular flexibility index (Phi) is 5.05. The summed E-state index contributed by atoms with van der Waals surface area (Å²) in [6.07, 6.45) is 0. The predicted octanol–water partition coefficient (Wildman–Crippen LogP) is 5.28. The van der Waals surface area contributed by atoms with Gasteiger partial charge in [0, 0.05) is 27.8 Å². The van der Waals surface area contributed by atoms with Crippen LogP contribution in [0.25, 0.3) is 0 Å². The molecule has 0 saturated carbocycles. The van der Waals surface area contributed by atoms with E-state index in [-0.39, 0.29) is 5.82 Å². The maximum absolute atomic E-state index is 13.5. The molecule has 0 spiro atoms. The van der Waals surface area contributed by atoms with E-state index in [9.17, 15) is 4.39 Å². The maximum atomic E-state index is 13.5. The molecule has 0 aromatic heterocycles. The van der Waals surface area contributed by atoms with Crippen LogP contribution in [0.2, 0.25) is 0 Å². The van der Waals surface area contributed by atoms with Gasteiger partial charge in [0.1, 0.15) is 11.6 Å². The van der Waals surface area contributed by atoms with Crippen molar-refractivity contribution in [3.63, 3.8) is 0 Å². The number of hydrogen-bond acceptors (Lipinski definition) is 2. The minimum atomic E-state index is -0.211. The lowest BCUT2D eigenvalue weighted by molar-refractivity contribution is 0.407. The number of nitrogens with one attached hydrogen (secondary N) is 1. The highest BCUT2D eigenvalue weighted by Gasteiger charge is 2.10. The quantitative estimate of drug-likeness (QED) is 0.751. The van der Waals surface area contributed by atoms with Gasteiger partial charge in [-0.1, -0.05) is 22.0 Å². The molecular weight excluding hydrogens is 389 g/mol. The largest absolute Gasteiger partial charge is 0.495 e. The second-order valence-electron chi connectivity index (χ2n) is 4.35. The number of methoxy groups -OCH3 is 1. The Morgan fingerprint density at radius 2 is 2.00 bits per heavy atom. The first-order chi connectivity index (χ1) is 9.52. The van der Waals surface area contributed by atoms with Crippen molar-refractivity contribution in [3.05, 3.63) is 56.2 Å². The molecule has 1 N–H and O–H groups in total. The van der Waals surface area contributed by atoms with Crippen molar-refractivity contribution >= 4 is 37.5 Å². The lowest BCUT2D eigenvalue weighted by atomic mass is 10.1. The Morgan fingerprint density at radius 3 is 2.70 bits per heavy atom. The van der Waals surface area contributed by atoms with Gasteiger partial charge in [0.2, 0.25) is 0 Å². The Bertz CT molecular complexity index is 632. The molecule has 20 heavy (non-hydrogen) atoms. The first-order valence-electron chi connectivity index (χ1n) is 6.04.